The van der Waals surface area contributed by atoms with E-state index in [2.05, 4.69) is 6.58 Å². The molecule has 0 amide bonds. The molecule has 0 aromatic carbocycles. The third-order valence-electron chi connectivity index (χ3n) is 1.33. The normalized spacial score (nSPS) is 15.2. The van der Waals surface area contributed by atoms with Crippen LogP contribution in [0.25, 0.3) is 0 Å². The van der Waals surface area contributed by atoms with Crippen LogP contribution >= 0.6 is 0 Å². The van der Waals surface area contributed by atoms with E-state index in [0.29, 0.717) is 6.08 Å². The van der Waals surface area contributed by atoms with Gasteiger partial charge in [-0.25, -0.2) is 8.78 Å². The van der Waals surface area contributed by atoms with Gasteiger partial charge in [0.05, 0.1) is 5.92 Å². The number of halogens is 5. The summed E-state index contributed by atoms with van der Waals surface area (Å²) in [5, 5.41) is 0. The topological polar surface area (TPSA) is 0 Å². The molecule has 1 unspecified atom stereocenters. The van der Waals surface area contributed by atoms with Crippen molar-refractivity contribution in [2.24, 2.45) is 5.92 Å². The first-order valence-corrected chi connectivity index (χ1v) is 3.52. The monoisotopic (exact) mass is 200 g/mol. The fourth-order valence-corrected chi connectivity index (χ4v) is 0.719. The van der Waals surface area contributed by atoms with Gasteiger partial charge in [0.2, 0.25) is 0 Å². The van der Waals surface area contributed by atoms with Crippen LogP contribution in [-0.4, -0.2) is 12.6 Å². The highest BCUT2D eigenvalue weighted by Crippen LogP contribution is 2.30. The Labute approximate surface area is 72.7 Å². The third-order valence-corrected chi connectivity index (χ3v) is 1.33. The van der Waals surface area contributed by atoms with Gasteiger partial charge in [-0.2, -0.15) is 13.2 Å². The standard InChI is InChI=1S/C8H9F5/c1-2-3-6(8(11,12)13)4-5-7(9)10/h2,4-7H,1,3H2/b5-4+. The third kappa shape index (κ3) is 5.38. The largest absolute Gasteiger partial charge is 0.395 e. The molecule has 0 saturated heterocycles. The van der Waals surface area contributed by atoms with Crippen LogP contribution in [0.15, 0.2) is 24.8 Å². The Balaban J connectivity index is 4.34. The molecule has 0 aliphatic heterocycles. The lowest BCUT2D eigenvalue weighted by Crippen LogP contribution is -2.20. The second kappa shape index (κ2) is 4.99. The summed E-state index contributed by atoms with van der Waals surface area (Å²) in [4.78, 5) is 0. The molecule has 0 heterocycles. The number of allylic oxidation sites excluding steroid dienone is 3. The Bertz CT molecular complexity index is 179. The molecule has 1 atom stereocenters. The van der Waals surface area contributed by atoms with Crippen molar-refractivity contribution in [3.8, 4) is 0 Å². The van der Waals surface area contributed by atoms with Crippen LogP contribution < -0.4 is 0 Å². The van der Waals surface area contributed by atoms with Crippen molar-refractivity contribution in [2.45, 2.75) is 19.0 Å². The van der Waals surface area contributed by atoms with Crippen molar-refractivity contribution in [3.63, 3.8) is 0 Å². The van der Waals surface area contributed by atoms with Gasteiger partial charge in [-0.05, 0) is 12.5 Å². The van der Waals surface area contributed by atoms with Crippen molar-refractivity contribution < 1.29 is 22.0 Å². The Hall–Kier alpha value is -0.870. The van der Waals surface area contributed by atoms with E-state index in [4.69, 9.17) is 0 Å². The van der Waals surface area contributed by atoms with Crippen LogP contribution in [0.3, 0.4) is 0 Å². The molecule has 0 bridgehead atoms. The summed E-state index contributed by atoms with van der Waals surface area (Å²) in [6.45, 7) is 3.12. The van der Waals surface area contributed by atoms with Gasteiger partial charge in [-0.15, -0.1) is 6.58 Å². The zero-order valence-corrected chi connectivity index (χ0v) is 6.69. The van der Waals surface area contributed by atoms with Gasteiger partial charge in [-0.3, -0.25) is 0 Å². The SMILES string of the molecule is C=CCC(/C=C/C(F)F)C(F)(F)F. The summed E-state index contributed by atoms with van der Waals surface area (Å²) in [6, 6.07) is 0. The van der Waals surface area contributed by atoms with Crippen molar-refractivity contribution in [3.05, 3.63) is 24.8 Å². The summed E-state index contributed by atoms with van der Waals surface area (Å²) < 4.78 is 59.1. The van der Waals surface area contributed by atoms with Crippen LogP contribution in [0, 0.1) is 5.92 Å². The lowest BCUT2D eigenvalue weighted by Gasteiger charge is -2.14. The average molecular weight is 200 g/mol. The van der Waals surface area contributed by atoms with Crippen LogP contribution in [-0.2, 0) is 0 Å². The molecule has 0 aromatic rings. The summed E-state index contributed by atoms with van der Waals surface area (Å²) in [6.07, 6.45) is -5.97. The minimum atomic E-state index is -4.49. The predicted molar refractivity (Wildman–Crippen MR) is 39.5 cm³/mol. The second-order valence-corrected chi connectivity index (χ2v) is 2.39. The maximum absolute atomic E-state index is 12.0. The minimum absolute atomic E-state index is 0.238. The molecule has 0 aromatic heterocycles. The van der Waals surface area contributed by atoms with Gasteiger partial charge in [0.1, 0.15) is 0 Å². The number of alkyl halides is 5. The van der Waals surface area contributed by atoms with Gasteiger partial charge < -0.3 is 0 Å². The van der Waals surface area contributed by atoms with Gasteiger partial charge in [0.15, 0.2) is 0 Å². The Kier molecular flexibility index (Phi) is 4.66. The quantitative estimate of drug-likeness (QED) is 0.480. The highest BCUT2D eigenvalue weighted by Gasteiger charge is 2.36. The lowest BCUT2D eigenvalue weighted by molar-refractivity contribution is -0.160. The van der Waals surface area contributed by atoms with Gasteiger partial charge in [0, 0.05) is 0 Å². The zero-order valence-electron chi connectivity index (χ0n) is 6.69. The molecule has 0 spiro atoms. The fourth-order valence-electron chi connectivity index (χ4n) is 0.719. The van der Waals surface area contributed by atoms with Crippen LogP contribution in [0.1, 0.15) is 6.42 Å². The fraction of sp³-hybridized carbons (Fsp3) is 0.500. The van der Waals surface area contributed by atoms with E-state index in [9.17, 15) is 22.0 Å². The second-order valence-electron chi connectivity index (χ2n) is 2.39. The number of hydrogen-bond acceptors (Lipinski definition) is 0. The molecule has 0 radical (unpaired) electrons. The van der Waals surface area contributed by atoms with Crippen molar-refractivity contribution >= 4 is 0 Å². The summed E-state index contributed by atoms with van der Waals surface area (Å²) in [5.41, 5.74) is 0. The zero-order chi connectivity index (χ0) is 10.5. The van der Waals surface area contributed by atoms with Crippen LogP contribution in [0.4, 0.5) is 22.0 Å². The Morgan fingerprint density at radius 3 is 2.00 bits per heavy atom. The molecule has 0 saturated carbocycles. The minimum Gasteiger partial charge on any atom is -0.206 e. The highest BCUT2D eigenvalue weighted by molar-refractivity contribution is 4.96. The van der Waals surface area contributed by atoms with E-state index < -0.39 is 18.5 Å². The summed E-state index contributed by atoms with van der Waals surface area (Å²) >= 11 is 0. The van der Waals surface area contributed by atoms with Crippen LogP contribution in [0.5, 0.6) is 0 Å². The van der Waals surface area contributed by atoms with E-state index in [1.54, 1.807) is 0 Å². The van der Waals surface area contributed by atoms with Crippen LogP contribution in [0.2, 0.25) is 0 Å². The van der Waals surface area contributed by atoms with Crippen molar-refractivity contribution in [1.82, 2.24) is 0 Å². The molecule has 13 heavy (non-hydrogen) atoms. The molecular formula is C8H9F5. The van der Waals surface area contributed by atoms with E-state index in [1.165, 1.54) is 0 Å². The molecule has 0 fully saturated rings. The molecule has 76 valence electrons. The number of rotatable bonds is 4. The van der Waals surface area contributed by atoms with Gasteiger partial charge in [0.25, 0.3) is 6.43 Å². The maximum Gasteiger partial charge on any atom is 0.395 e. The molecule has 0 nitrogen and oxygen atoms in total. The molecule has 5 heteroatoms. The van der Waals surface area contributed by atoms with E-state index >= 15 is 0 Å². The Morgan fingerprint density at radius 2 is 1.69 bits per heavy atom. The molecule has 0 N–H and O–H groups in total. The van der Waals surface area contributed by atoms with E-state index in [0.717, 1.165) is 6.08 Å². The highest BCUT2D eigenvalue weighted by atomic mass is 19.4. The first-order chi connectivity index (χ1) is 5.88. The smallest absolute Gasteiger partial charge is 0.206 e. The van der Waals surface area contributed by atoms with Gasteiger partial charge >= 0.3 is 6.18 Å². The average Bonchev–Trinajstić information content (AvgIpc) is 1.95. The Morgan fingerprint density at radius 1 is 1.15 bits per heavy atom. The van der Waals surface area contributed by atoms with E-state index in [-0.39, 0.29) is 12.5 Å². The molecule has 0 aliphatic rings. The first kappa shape index (κ1) is 12.1. The van der Waals surface area contributed by atoms with Crippen molar-refractivity contribution in [2.75, 3.05) is 0 Å². The molecule has 0 aliphatic carbocycles. The van der Waals surface area contributed by atoms with E-state index in [1.807, 2.05) is 0 Å². The van der Waals surface area contributed by atoms with Gasteiger partial charge in [-0.1, -0.05) is 12.2 Å². The summed E-state index contributed by atoms with van der Waals surface area (Å²) in [7, 11) is 0. The molecular weight excluding hydrogens is 191 g/mol. The maximum atomic E-state index is 12.0. The predicted octanol–water partition coefficient (Wildman–Crippen LogP) is 3.56. The first-order valence-electron chi connectivity index (χ1n) is 3.52. The van der Waals surface area contributed by atoms with Crippen molar-refractivity contribution in [1.29, 1.82) is 0 Å². The molecule has 0 rings (SSSR count). The number of hydrogen-bond donors (Lipinski definition) is 0. The summed E-state index contributed by atoms with van der Waals surface area (Å²) in [5.74, 6) is -1.86. The lowest BCUT2D eigenvalue weighted by atomic mass is 10.0.